The van der Waals surface area contributed by atoms with Crippen LogP contribution in [0.2, 0.25) is 0 Å². The zero-order valence-electron chi connectivity index (χ0n) is 6.00. The van der Waals surface area contributed by atoms with E-state index in [-0.39, 0.29) is 0 Å². The Morgan fingerprint density at radius 3 is 3.30 bits per heavy atom. The minimum absolute atomic E-state index is 0.324. The molecule has 0 radical (unpaired) electrons. The molecule has 1 heteroatoms. The molecule has 1 unspecified atom stereocenters. The highest BCUT2D eigenvalue weighted by Crippen LogP contribution is 2.31. The Hall–Kier alpha value is -0.980. The van der Waals surface area contributed by atoms with Crippen molar-refractivity contribution in [3.05, 3.63) is 35.6 Å². The molecule has 0 aromatic carbocycles. The van der Waals surface area contributed by atoms with Gasteiger partial charge in [0, 0.05) is 11.1 Å². The van der Waals surface area contributed by atoms with E-state index in [2.05, 4.69) is 25.2 Å². The number of fused-ring (bicyclic) bond motifs is 1. The van der Waals surface area contributed by atoms with Gasteiger partial charge in [-0.3, -0.25) is 0 Å². The molecule has 0 aromatic rings. The van der Waals surface area contributed by atoms with Crippen molar-refractivity contribution in [1.29, 1.82) is 0 Å². The maximum atomic E-state index is 5.39. The summed E-state index contributed by atoms with van der Waals surface area (Å²) in [6, 6.07) is 0. The first-order chi connectivity index (χ1) is 4.92. The quantitative estimate of drug-likeness (QED) is 0.534. The fourth-order valence-electron chi connectivity index (χ4n) is 1.39. The SMILES string of the molecule is CCC1OC=C2C=CC=C21. The number of ether oxygens (including phenoxy) is 1. The Kier molecular flexibility index (Phi) is 1.16. The molecule has 10 heavy (non-hydrogen) atoms. The molecule has 2 aliphatic rings. The average Bonchev–Trinajstić information content (AvgIpc) is 2.44. The molecule has 0 saturated carbocycles. The van der Waals surface area contributed by atoms with Crippen LogP contribution in [0.3, 0.4) is 0 Å². The second-order valence-corrected chi connectivity index (χ2v) is 2.59. The number of hydrogen-bond donors (Lipinski definition) is 0. The molecule has 0 saturated heterocycles. The molecule has 1 aliphatic heterocycles. The third-order valence-electron chi connectivity index (χ3n) is 1.96. The lowest BCUT2D eigenvalue weighted by Crippen LogP contribution is -2.05. The van der Waals surface area contributed by atoms with E-state index < -0.39 is 0 Å². The normalized spacial score (nSPS) is 27.5. The summed E-state index contributed by atoms with van der Waals surface area (Å²) in [7, 11) is 0. The fourth-order valence-corrected chi connectivity index (χ4v) is 1.39. The molecule has 1 aliphatic carbocycles. The maximum Gasteiger partial charge on any atom is 0.123 e. The lowest BCUT2D eigenvalue weighted by Gasteiger charge is -2.07. The Bertz CT molecular complexity index is 233. The standard InChI is InChI=1S/C9H10O/c1-2-9-8-5-3-4-7(8)6-10-9/h3-6,9H,2H2,1H3. The molecular formula is C9H10O. The number of hydrogen-bond acceptors (Lipinski definition) is 1. The third kappa shape index (κ3) is 0.635. The van der Waals surface area contributed by atoms with Gasteiger partial charge in [-0.25, -0.2) is 0 Å². The minimum Gasteiger partial charge on any atom is -0.493 e. The van der Waals surface area contributed by atoms with Crippen LogP contribution < -0.4 is 0 Å². The molecule has 0 amide bonds. The van der Waals surface area contributed by atoms with E-state index >= 15 is 0 Å². The summed E-state index contributed by atoms with van der Waals surface area (Å²) in [5.74, 6) is 0. The molecular weight excluding hydrogens is 124 g/mol. The second kappa shape index (κ2) is 2.01. The summed E-state index contributed by atoms with van der Waals surface area (Å²) in [6.07, 6.45) is 9.53. The molecule has 1 heterocycles. The van der Waals surface area contributed by atoms with Crippen molar-refractivity contribution in [3.63, 3.8) is 0 Å². The largest absolute Gasteiger partial charge is 0.493 e. The van der Waals surface area contributed by atoms with E-state index in [4.69, 9.17) is 4.74 Å². The first-order valence-electron chi connectivity index (χ1n) is 3.66. The van der Waals surface area contributed by atoms with E-state index in [1.165, 1.54) is 11.1 Å². The van der Waals surface area contributed by atoms with Gasteiger partial charge in [-0.1, -0.05) is 25.2 Å². The monoisotopic (exact) mass is 134 g/mol. The molecule has 0 aromatic heterocycles. The highest BCUT2D eigenvalue weighted by Gasteiger charge is 2.22. The van der Waals surface area contributed by atoms with E-state index in [1.54, 1.807) is 0 Å². The first-order valence-corrected chi connectivity index (χ1v) is 3.66. The first kappa shape index (κ1) is 5.78. The van der Waals surface area contributed by atoms with Crippen LogP contribution >= 0.6 is 0 Å². The van der Waals surface area contributed by atoms with E-state index in [9.17, 15) is 0 Å². The third-order valence-corrected chi connectivity index (χ3v) is 1.96. The van der Waals surface area contributed by atoms with Crippen molar-refractivity contribution in [3.8, 4) is 0 Å². The van der Waals surface area contributed by atoms with Gasteiger partial charge in [0.15, 0.2) is 0 Å². The lowest BCUT2D eigenvalue weighted by molar-refractivity contribution is 0.192. The number of rotatable bonds is 1. The topological polar surface area (TPSA) is 9.23 Å². The van der Waals surface area contributed by atoms with Crippen molar-refractivity contribution < 1.29 is 4.74 Å². The van der Waals surface area contributed by atoms with Crippen LogP contribution in [-0.4, -0.2) is 6.10 Å². The Labute approximate surface area is 60.7 Å². The van der Waals surface area contributed by atoms with E-state index in [0.717, 1.165) is 6.42 Å². The highest BCUT2D eigenvalue weighted by molar-refractivity contribution is 5.51. The summed E-state index contributed by atoms with van der Waals surface area (Å²) in [5, 5.41) is 0. The zero-order chi connectivity index (χ0) is 6.97. The molecule has 1 atom stereocenters. The van der Waals surface area contributed by atoms with Crippen LogP contribution in [0.15, 0.2) is 35.6 Å². The smallest absolute Gasteiger partial charge is 0.123 e. The van der Waals surface area contributed by atoms with Crippen LogP contribution in [0.25, 0.3) is 0 Å². The van der Waals surface area contributed by atoms with Crippen LogP contribution in [0.1, 0.15) is 13.3 Å². The zero-order valence-corrected chi connectivity index (χ0v) is 6.00. The molecule has 0 fully saturated rings. The van der Waals surface area contributed by atoms with Gasteiger partial charge in [-0.2, -0.15) is 0 Å². The van der Waals surface area contributed by atoms with Crippen LogP contribution in [0.5, 0.6) is 0 Å². The van der Waals surface area contributed by atoms with Crippen LogP contribution in [-0.2, 0) is 4.74 Å². The summed E-state index contributed by atoms with van der Waals surface area (Å²) < 4.78 is 5.39. The summed E-state index contributed by atoms with van der Waals surface area (Å²) >= 11 is 0. The van der Waals surface area contributed by atoms with Crippen LogP contribution in [0.4, 0.5) is 0 Å². The van der Waals surface area contributed by atoms with E-state index in [1.807, 2.05) is 6.26 Å². The lowest BCUT2D eigenvalue weighted by atomic mass is 10.1. The van der Waals surface area contributed by atoms with Gasteiger partial charge in [-0.05, 0) is 6.42 Å². The van der Waals surface area contributed by atoms with Gasteiger partial charge < -0.3 is 4.74 Å². The van der Waals surface area contributed by atoms with Gasteiger partial charge in [-0.15, -0.1) is 0 Å². The molecule has 0 spiro atoms. The van der Waals surface area contributed by atoms with E-state index in [0.29, 0.717) is 6.10 Å². The van der Waals surface area contributed by atoms with Crippen LogP contribution in [0, 0.1) is 0 Å². The summed E-state index contributed by atoms with van der Waals surface area (Å²) in [4.78, 5) is 0. The van der Waals surface area contributed by atoms with Gasteiger partial charge in [0.05, 0.1) is 6.26 Å². The van der Waals surface area contributed by atoms with Gasteiger partial charge in [0.25, 0.3) is 0 Å². The summed E-state index contributed by atoms with van der Waals surface area (Å²) in [6.45, 7) is 2.14. The highest BCUT2D eigenvalue weighted by atomic mass is 16.5. The van der Waals surface area contributed by atoms with Crippen molar-refractivity contribution >= 4 is 0 Å². The van der Waals surface area contributed by atoms with Crippen molar-refractivity contribution in [1.82, 2.24) is 0 Å². The Balaban J connectivity index is 2.27. The van der Waals surface area contributed by atoms with Crippen molar-refractivity contribution in [2.24, 2.45) is 0 Å². The Morgan fingerprint density at radius 1 is 1.60 bits per heavy atom. The van der Waals surface area contributed by atoms with Gasteiger partial charge in [0.2, 0.25) is 0 Å². The fraction of sp³-hybridized carbons (Fsp3) is 0.333. The Morgan fingerprint density at radius 2 is 2.50 bits per heavy atom. The van der Waals surface area contributed by atoms with Gasteiger partial charge in [0.1, 0.15) is 6.10 Å². The molecule has 52 valence electrons. The van der Waals surface area contributed by atoms with Crippen molar-refractivity contribution in [2.45, 2.75) is 19.4 Å². The average molecular weight is 134 g/mol. The molecule has 0 N–H and O–H groups in total. The predicted octanol–water partition coefficient (Wildman–Crippen LogP) is 2.18. The molecule has 1 nitrogen and oxygen atoms in total. The van der Waals surface area contributed by atoms with Gasteiger partial charge >= 0.3 is 0 Å². The number of allylic oxidation sites excluding steroid dienone is 3. The molecule has 0 bridgehead atoms. The molecule has 2 rings (SSSR count). The predicted molar refractivity (Wildman–Crippen MR) is 40.5 cm³/mol. The minimum atomic E-state index is 0.324. The summed E-state index contributed by atoms with van der Waals surface area (Å²) in [5.41, 5.74) is 2.61. The maximum absolute atomic E-state index is 5.39. The van der Waals surface area contributed by atoms with Crippen molar-refractivity contribution in [2.75, 3.05) is 0 Å². The second-order valence-electron chi connectivity index (χ2n) is 2.59.